The van der Waals surface area contributed by atoms with Gasteiger partial charge in [-0.3, -0.25) is 0 Å². The molecule has 0 fully saturated rings. The van der Waals surface area contributed by atoms with Gasteiger partial charge in [-0.25, -0.2) is 13.2 Å². The molecule has 0 saturated heterocycles. The quantitative estimate of drug-likeness (QED) is 0.187. The van der Waals surface area contributed by atoms with E-state index in [4.69, 9.17) is 0 Å². The van der Waals surface area contributed by atoms with Crippen molar-refractivity contribution in [2.45, 2.75) is 12.8 Å². The number of thiocarbonyl (C=S) groups is 1. The Bertz CT molecular complexity index is 1170. The van der Waals surface area contributed by atoms with Crippen LogP contribution in [0.2, 0.25) is 0 Å². The molecule has 3 rings (SSSR count). The Morgan fingerprint density at radius 3 is 2.17 bits per heavy atom. The van der Waals surface area contributed by atoms with Crippen molar-refractivity contribution >= 4 is 23.1 Å². The zero-order valence-electron chi connectivity index (χ0n) is 15.9. The molecule has 0 atom stereocenters. The van der Waals surface area contributed by atoms with E-state index in [9.17, 15) is 13.2 Å². The molecule has 0 heterocycles. The average molecular weight is 419 g/mol. The molecule has 5 heteroatoms. The highest BCUT2D eigenvalue weighted by molar-refractivity contribution is 7.78. The largest absolute Gasteiger partial charge is 0.206 e. The zero-order chi connectivity index (χ0) is 21.5. The summed E-state index contributed by atoms with van der Waals surface area (Å²) in [5, 5.41) is 1.96. The molecule has 148 valence electrons. The summed E-state index contributed by atoms with van der Waals surface area (Å²) in [7, 11) is 0. The first-order valence-corrected chi connectivity index (χ1v) is 9.51. The first-order valence-electron chi connectivity index (χ1n) is 9.10. The molecule has 0 aromatic heterocycles. The third kappa shape index (κ3) is 5.12. The van der Waals surface area contributed by atoms with Crippen molar-refractivity contribution in [1.82, 2.24) is 0 Å². The summed E-state index contributed by atoms with van der Waals surface area (Å²) in [6.07, 6.45) is 3.31. The number of halogens is 3. The van der Waals surface area contributed by atoms with Gasteiger partial charge < -0.3 is 0 Å². The number of rotatable bonds is 5. The first-order chi connectivity index (χ1) is 14.5. The fourth-order valence-electron chi connectivity index (χ4n) is 2.85. The second-order valence-corrected chi connectivity index (χ2v) is 6.64. The molecule has 0 spiro atoms. The van der Waals surface area contributed by atoms with Gasteiger partial charge in [-0.2, -0.15) is 4.99 Å². The monoisotopic (exact) mass is 419 g/mol. The van der Waals surface area contributed by atoms with Crippen molar-refractivity contribution in [3.8, 4) is 23.0 Å². The lowest BCUT2D eigenvalue weighted by Gasteiger charge is -2.05. The van der Waals surface area contributed by atoms with Crippen molar-refractivity contribution in [2.24, 2.45) is 4.99 Å². The molecule has 1 nitrogen and oxygen atoms in total. The molecule has 3 aromatic carbocycles. The zero-order valence-corrected chi connectivity index (χ0v) is 16.7. The molecule has 0 saturated carbocycles. The van der Waals surface area contributed by atoms with Gasteiger partial charge in [-0.15, -0.1) is 6.58 Å². The summed E-state index contributed by atoms with van der Waals surface area (Å²) in [6, 6.07) is 14.1. The third-order valence-electron chi connectivity index (χ3n) is 4.40. The van der Waals surface area contributed by atoms with Gasteiger partial charge in [0.05, 0.1) is 10.7 Å². The molecule has 0 amide bonds. The number of allylic oxidation sites excluding steroid dienone is 1. The summed E-state index contributed by atoms with van der Waals surface area (Å²) in [5.41, 5.74) is 2.35. The predicted molar refractivity (Wildman–Crippen MR) is 117 cm³/mol. The molecule has 0 bridgehead atoms. The molecule has 3 aromatic rings. The normalized spacial score (nSPS) is 9.97. The molecule has 0 N–H and O–H groups in total. The van der Waals surface area contributed by atoms with Crippen LogP contribution in [0.1, 0.15) is 23.1 Å². The van der Waals surface area contributed by atoms with Crippen molar-refractivity contribution in [1.29, 1.82) is 0 Å². The van der Waals surface area contributed by atoms with Crippen LogP contribution in [0, 0.1) is 29.3 Å². The van der Waals surface area contributed by atoms with Crippen LogP contribution in [0.5, 0.6) is 0 Å². The number of nitrogens with zero attached hydrogens (tertiary/aromatic N) is 1. The van der Waals surface area contributed by atoms with Crippen LogP contribution in [-0.2, 0) is 6.42 Å². The maximum atomic E-state index is 14.2. The van der Waals surface area contributed by atoms with Crippen LogP contribution in [0.4, 0.5) is 18.9 Å². The number of isothiocyanates is 1. The van der Waals surface area contributed by atoms with Crippen molar-refractivity contribution in [2.75, 3.05) is 0 Å². The Morgan fingerprint density at radius 1 is 0.867 bits per heavy atom. The smallest absolute Gasteiger partial charge is 0.153 e. The van der Waals surface area contributed by atoms with Crippen molar-refractivity contribution in [3.63, 3.8) is 0 Å². The number of hydrogen-bond donors (Lipinski definition) is 0. The minimum atomic E-state index is -0.821. The lowest BCUT2D eigenvalue weighted by atomic mass is 10.0. The Morgan fingerprint density at radius 2 is 1.57 bits per heavy atom. The topological polar surface area (TPSA) is 12.4 Å². The molecule has 30 heavy (non-hydrogen) atoms. The highest BCUT2D eigenvalue weighted by Gasteiger charge is 2.11. The summed E-state index contributed by atoms with van der Waals surface area (Å²) in [4.78, 5) is 3.40. The lowest BCUT2D eigenvalue weighted by molar-refractivity contribution is 0.588. The van der Waals surface area contributed by atoms with E-state index in [2.05, 4.69) is 35.6 Å². The Labute approximate surface area is 178 Å². The first kappa shape index (κ1) is 21.3. The van der Waals surface area contributed by atoms with E-state index in [1.165, 1.54) is 18.2 Å². The van der Waals surface area contributed by atoms with Gasteiger partial charge in [0, 0.05) is 5.56 Å². The van der Waals surface area contributed by atoms with Crippen LogP contribution < -0.4 is 0 Å². The van der Waals surface area contributed by atoms with E-state index in [1.54, 1.807) is 36.4 Å². The van der Waals surface area contributed by atoms with Crippen LogP contribution in [0.25, 0.3) is 11.1 Å². The highest BCUT2D eigenvalue weighted by Crippen LogP contribution is 2.29. The minimum absolute atomic E-state index is 0.306. The third-order valence-corrected chi connectivity index (χ3v) is 4.50. The van der Waals surface area contributed by atoms with Gasteiger partial charge in [0.2, 0.25) is 0 Å². The number of aliphatic imine (C=N–C) groups is 1. The van der Waals surface area contributed by atoms with Crippen molar-refractivity contribution < 1.29 is 13.2 Å². The van der Waals surface area contributed by atoms with Gasteiger partial charge in [0.25, 0.3) is 0 Å². The summed E-state index contributed by atoms with van der Waals surface area (Å²) >= 11 is 4.40. The van der Waals surface area contributed by atoms with Crippen LogP contribution in [0.3, 0.4) is 0 Å². The summed E-state index contributed by atoms with van der Waals surface area (Å²) in [5.74, 6) is 3.71. The minimum Gasteiger partial charge on any atom is -0.206 e. The Hall–Kier alpha value is -3.45. The van der Waals surface area contributed by atoms with Gasteiger partial charge in [-0.05, 0) is 78.1 Å². The van der Waals surface area contributed by atoms with E-state index in [0.717, 1.165) is 18.4 Å². The Balaban J connectivity index is 1.81. The maximum absolute atomic E-state index is 14.2. The molecule has 0 unspecified atom stereocenters. The van der Waals surface area contributed by atoms with E-state index < -0.39 is 17.3 Å². The van der Waals surface area contributed by atoms with E-state index in [1.807, 2.05) is 11.2 Å². The molecular formula is C25H16F3NS. The molecule has 0 aliphatic rings. The second kappa shape index (κ2) is 9.84. The van der Waals surface area contributed by atoms with E-state index in [-0.39, 0.29) is 5.82 Å². The van der Waals surface area contributed by atoms with E-state index >= 15 is 0 Å². The van der Waals surface area contributed by atoms with Gasteiger partial charge in [0.15, 0.2) is 11.6 Å². The van der Waals surface area contributed by atoms with Crippen LogP contribution in [-0.4, -0.2) is 5.16 Å². The SMILES string of the molecule is C=CCCc1ccc(C#Cc2ccc(-c3cc(F)c(N=C=S)c(F)c3)cc2)c(F)c1. The second-order valence-electron chi connectivity index (χ2n) is 6.46. The standard InChI is InChI=1S/C25H16F3NS/c1-2-3-4-18-8-12-20(22(26)13-18)11-7-17-5-9-19(10-6-17)21-14-23(27)25(29-16-30)24(28)15-21/h2,5-6,8-10,12-15H,1,3-4H2. The average Bonchev–Trinajstić information content (AvgIpc) is 2.74. The van der Waals surface area contributed by atoms with Crippen molar-refractivity contribution in [3.05, 3.63) is 101 Å². The fourth-order valence-corrected chi connectivity index (χ4v) is 2.95. The van der Waals surface area contributed by atoms with Crippen LogP contribution in [0.15, 0.2) is 72.2 Å². The number of benzene rings is 3. The van der Waals surface area contributed by atoms with Gasteiger partial charge in [-0.1, -0.05) is 36.1 Å². The number of aryl methyl sites for hydroxylation is 1. The fraction of sp³-hybridized carbons (Fsp3) is 0.0800. The Kier molecular flexibility index (Phi) is 6.98. The number of hydrogen-bond acceptors (Lipinski definition) is 2. The van der Waals surface area contributed by atoms with E-state index in [0.29, 0.717) is 22.3 Å². The molecular weight excluding hydrogens is 403 g/mol. The molecule has 0 aliphatic heterocycles. The lowest BCUT2D eigenvalue weighted by Crippen LogP contribution is -1.89. The summed E-state index contributed by atoms with van der Waals surface area (Å²) < 4.78 is 42.3. The summed E-state index contributed by atoms with van der Waals surface area (Å²) in [6.45, 7) is 3.66. The van der Waals surface area contributed by atoms with Gasteiger partial charge >= 0.3 is 0 Å². The maximum Gasteiger partial charge on any atom is 0.153 e. The highest BCUT2D eigenvalue weighted by atomic mass is 32.1. The molecule has 0 radical (unpaired) electrons. The molecule has 0 aliphatic carbocycles. The predicted octanol–water partition coefficient (Wildman–Crippen LogP) is 7.02. The van der Waals surface area contributed by atoms with Gasteiger partial charge in [0.1, 0.15) is 11.5 Å². The van der Waals surface area contributed by atoms with Crippen LogP contribution >= 0.6 is 12.2 Å².